The number of hydrogen-bond donors (Lipinski definition) is 2. The molecule has 0 unspecified atom stereocenters. The maximum absolute atomic E-state index is 11.9. The van der Waals surface area contributed by atoms with Gasteiger partial charge in [0.25, 0.3) is 11.6 Å². The second-order valence-corrected chi connectivity index (χ2v) is 4.52. The molecular formula is C12H14N2O4. The van der Waals surface area contributed by atoms with Gasteiger partial charge in [-0.1, -0.05) is 12.1 Å². The number of aliphatic hydroxyl groups is 1. The number of benzene rings is 1. The highest BCUT2D eigenvalue weighted by Crippen LogP contribution is 2.25. The number of nitro groups is 1. The number of nitro benzene ring substituents is 1. The molecule has 2 rings (SSSR count). The van der Waals surface area contributed by atoms with Gasteiger partial charge in [0.1, 0.15) is 5.56 Å². The molecule has 1 aromatic rings. The Balaban J connectivity index is 2.19. The standard InChI is InChI=1S/C12H14N2O4/c1-7-3-2-4-10(11(7)14(17)18)12(16)13-8-5-9(15)6-8/h2-4,8-9,15H,5-6H2,1H3,(H,13,16). The number of carbonyl (C=O) groups excluding carboxylic acids is 1. The average Bonchev–Trinajstić information content (AvgIpc) is 2.26. The summed E-state index contributed by atoms with van der Waals surface area (Å²) in [6.45, 7) is 1.60. The fraction of sp³-hybridized carbons (Fsp3) is 0.417. The first-order valence-corrected chi connectivity index (χ1v) is 5.72. The van der Waals surface area contributed by atoms with Gasteiger partial charge in [-0.05, 0) is 25.8 Å². The van der Waals surface area contributed by atoms with Crippen molar-refractivity contribution in [1.82, 2.24) is 5.32 Å². The second kappa shape index (κ2) is 4.73. The van der Waals surface area contributed by atoms with Crippen molar-refractivity contribution < 1.29 is 14.8 Å². The lowest BCUT2D eigenvalue weighted by Crippen LogP contribution is -2.46. The third kappa shape index (κ3) is 2.33. The predicted octanol–water partition coefficient (Wildman–Crippen LogP) is 1.16. The van der Waals surface area contributed by atoms with Crippen LogP contribution in [0.5, 0.6) is 0 Å². The topological polar surface area (TPSA) is 92.5 Å². The number of nitrogens with zero attached hydrogens (tertiary/aromatic N) is 1. The van der Waals surface area contributed by atoms with E-state index in [1.807, 2.05) is 0 Å². The smallest absolute Gasteiger partial charge is 0.285 e. The molecule has 0 atom stereocenters. The lowest BCUT2D eigenvalue weighted by atomic mass is 9.89. The minimum atomic E-state index is -0.542. The number of carbonyl (C=O) groups is 1. The lowest BCUT2D eigenvalue weighted by Gasteiger charge is -2.31. The Labute approximate surface area is 104 Å². The summed E-state index contributed by atoms with van der Waals surface area (Å²) in [4.78, 5) is 22.3. The predicted molar refractivity (Wildman–Crippen MR) is 64.3 cm³/mol. The zero-order chi connectivity index (χ0) is 13.3. The summed E-state index contributed by atoms with van der Waals surface area (Å²) < 4.78 is 0. The van der Waals surface area contributed by atoms with E-state index < -0.39 is 10.8 Å². The van der Waals surface area contributed by atoms with Gasteiger partial charge in [-0.3, -0.25) is 14.9 Å². The number of amides is 1. The molecule has 2 N–H and O–H groups in total. The maximum atomic E-state index is 11.9. The van der Waals surface area contributed by atoms with E-state index in [9.17, 15) is 14.9 Å². The Kier molecular flexibility index (Phi) is 3.29. The minimum absolute atomic E-state index is 0.0707. The van der Waals surface area contributed by atoms with Gasteiger partial charge in [0, 0.05) is 11.6 Å². The highest BCUT2D eigenvalue weighted by molar-refractivity contribution is 5.98. The third-order valence-corrected chi connectivity index (χ3v) is 3.11. The van der Waals surface area contributed by atoms with E-state index in [2.05, 4.69) is 5.32 Å². The van der Waals surface area contributed by atoms with Crippen molar-refractivity contribution in [2.75, 3.05) is 0 Å². The molecule has 1 saturated carbocycles. The molecule has 0 heterocycles. The van der Waals surface area contributed by atoms with Crippen LogP contribution in [0.1, 0.15) is 28.8 Å². The van der Waals surface area contributed by atoms with Crippen molar-refractivity contribution in [3.63, 3.8) is 0 Å². The molecule has 0 bridgehead atoms. The van der Waals surface area contributed by atoms with Crippen molar-refractivity contribution in [1.29, 1.82) is 0 Å². The second-order valence-electron chi connectivity index (χ2n) is 4.52. The SMILES string of the molecule is Cc1cccc(C(=O)NC2CC(O)C2)c1[N+](=O)[O-]. The first-order valence-electron chi connectivity index (χ1n) is 5.72. The minimum Gasteiger partial charge on any atom is -0.393 e. The van der Waals surface area contributed by atoms with Gasteiger partial charge in [-0.15, -0.1) is 0 Å². The summed E-state index contributed by atoms with van der Waals surface area (Å²) in [5.74, 6) is -0.456. The molecule has 1 amide bonds. The van der Waals surface area contributed by atoms with Crippen LogP contribution in [0.3, 0.4) is 0 Å². The number of rotatable bonds is 3. The fourth-order valence-electron chi connectivity index (χ4n) is 2.05. The molecule has 1 aliphatic rings. The zero-order valence-electron chi connectivity index (χ0n) is 9.92. The van der Waals surface area contributed by atoms with Gasteiger partial charge in [-0.25, -0.2) is 0 Å². The maximum Gasteiger partial charge on any atom is 0.285 e. The zero-order valence-corrected chi connectivity index (χ0v) is 9.92. The molecule has 0 aliphatic heterocycles. The van der Waals surface area contributed by atoms with Crippen molar-refractivity contribution in [2.45, 2.75) is 31.9 Å². The van der Waals surface area contributed by atoms with Gasteiger partial charge in [-0.2, -0.15) is 0 Å². The van der Waals surface area contributed by atoms with Gasteiger partial charge in [0.15, 0.2) is 0 Å². The first-order chi connectivity index (χ1) is 8.49. The van der Waals surface area contributed by atoms with Gasteiger partial charge in [0.2, 0.25) is 0 Å². The summed E-state index contributed by atoms with van der Waals surface area (Å²) in [5.41, 5.74) is 0.373. The summed E-state index contributed by atoms with van der Waals surface area (Å²) in [6, 6.07) is 4.57. The van der Waals surface area contributed by atoms with E-state index in [0.717, 1.165) is 0 Å². The Morgan fingerprint density at radius 2 is 2.17 bits per heavy atom. The molecule has 0 aromatic heterocycles. The molecule has 96 valence electrons. The summed E-state index contributed by atoms with van der Waals surface area (Å²) in [6.07, 6.45) is 0.638. The number of para-hydroxylation sites is 1. The molecule has 0 saturated heterocycles. The number of nitrogens with one attached hydrogen (secondary N) is 1. The van der Waals surface area contributed by atoms with Crippen LogP contribution in [0.25, 0.3) is 0 Å². The van der Waals surface area contributed by atoms with Crippen molar-refractivity contribution in [2.24, 2.45) is 0 Å². The van der Waals surface area contributed by atoms with Crippen LogP contribution in [0, 0.1) is 17.0 Å². The van der Waals surface area contributed by atoms with E-state index in [1.165, 1.54) is 6.07 Å². The monoisotopic (exact) mass is 250 g/mol. The van der Waals surface area contributed by atoms with E-state index >= 15 is 0 Å². The van der Waals surface area contributed by atoms with Crippen LogP contribution in [-0.2, 0) is 0 Å². The van der Waals surface area contributed by atoms with E-state index in [1.54, 1.807) is 19.1 Å². The molecule has 6 heteroatoms. The van der Waals surface area contributed by atoms with Crippen molar-refractivity contribution in [3.8, 4) is 0 Å². The van der Waals surface area contributed by atoms with Crippen LogP contribution in [0.2, 0.25) is 0 Å². The quantitative estimate of drug-likeness (QED) is 0.621. The van der Waals surface area contributed by atoms with Crippen LogP contribution >= 0.6 is 0 Å². The molecule has 0 spiro atoms. The Hall–Kier alpha value is -1.95. The summed E-state index contributed by atoms with van der Waals surface area (Å²) in [7, 11) is 0. The molecule has 6 nitrogen and oxygen atoms in total. The van der Waals surface area contributed by atoms with Crippen molar-refractivity contribution >= 4 is 11.6 Å². The Bertz CT molecular complexity index is 495. The van der Waals surface area contributed by atoms with Crippen LogP contribution in [0.4, 0.5) is 5.69 Å². The van der Waals surface area contributed by atoms with E-state index in [4.69, 9.17) is 5.11 Å². The third-order valence-electron chi connectivity index (χ3n) is 3.11. The molecule has 1 fully saturated rings. The van der Waals surface area contributed by atoms with E-state index in [0.29, 0.717) is 18.4 Å². The first kappa shape index (κ1) is 12.5. The van der Waals surface area contributed by atoms with Crippen LogP contribution in [0.15, 0.2) is 18.2 Å². The van der Waals surface area contributed by atoms with Gasteiger partial charge in [0.05, 0.1) is 11.0 Å². The van der Waals surface area contributed by atoms with Gasteiger partial charge >= 0.3 is 0 Å². The Morgan fingerprint density at radius 1 is 1.50 bits per heavy atom. The number of aliphatic hydroxyl groups excluding tert-OH is 1. The fourth-order valence-corrected chi connectivity index (χ4v) is 2.05. The highest BCUT2D eigenvalue weighted by atomic mass is 16.6. The Morgan fingerprint density at radius 3 is 2.72 bits per heavy atom. The molecule has 18 heavy (non-hydrogen) atoms. The summed E-state index contributed by atoms with van der Waals surface area (Å²) >= 11 is 0. The van der Waals surface area contributed by atoms with E-state index in [-0.39, 0.29) is 23.4 Å². The van der Waals surface area contributed by atoms with Crippen LogP contribution in [-0.4, -0.2) is 28.1 Å². The number of aryl methyl sites for hydroxylation is 1. The molecule has 1 aliphatic carbocycles. The highest BCUT2D eigenvalue weighted by Gasteiger charge is 2.30. The lowest BCUT2D eigenvalue weighted by molar-refractivity contribution is -0.385. The average molecular weight is 250 g/mol. The normalized spacial score (nSPS) is 22.1. The molecule has 0 radical (unpaired) electrons. The molecule has 1 aromatic carbocycles. The summed E-state index contributed by atoms with van der Waals surface area (Å²) in [5, 5.41) is 22.8. The van der Waals surface area contributed by atoms with Gasteiger partial charge < -0.3 is 10.4 Å². The number of hydrogen-bond acceptors (Lipinski definition) is 4. The molecular weight excluding hydrogens is 236 g/mol. The van der Waals surface area contributed by atoms with Crippen molar-refractivity contribution in [3.05, 3.63) is 39.4 Å². The van der Waals surface area contributed by atoms with Crippen LogP contribution < -0.4 is 5.32 Å². The largest absolute Gasteiger partial charge is 0.393 e.